The Morgan fingerprint density at radius 3 is 2.79 bits per heavy atom. The van der Waals surface area contributed by atoms with Crippen molar-refractivity contribution in [3.05, 3.63) is 21.9 Å². The van der Waals surface area contributed by atoms with Gasteiger partial charge in [0.2, 0.25) is 5.91 Å². The van der Waals surface area contributed by atoms with Crippen LogP contribution >= 0.6 is 22.6 Å². The fraction of sp³-hybridized carbons (Fsp3) is 0.333. The summed E-state index contributed by atoms with van der Waals surface area (Å²) >= 11 is 2.17. The minimum atomic E-state index is -0.0521. The van der Waals surface area contributed by atoms with E-state index >= 15 is 0 Å². The molecule has 0 unspecified atom stereocenters. The van der Waals surface area contributed by atoms with Gasteiger partial charge in [-0.2, -0.15) is 0 Å². The SMILES string of the molecule is CN(C)CC(=O)Nc1ccc(I)cn1. The maximum absolute atomic E-state index is 11.3. The number of hydrogen-bond acceptors (Lipinski definition) is 3. The van der Waals surface area contributed by atoms with Crippen LogP contribution in [0.5, 0.6) is 0 Å². The number of nitrogens with one attached hydrogen (secondary N) is 1. The number of amides is 1. The van der Waals surface area contributed by atoms with E-state index in [4.69, 9.17) is 0 Å². The molecule has 0 fully saturated rings. The van der Waals surface area contributed by atoms with Crippen molar-refractivity contribution in [2.24, 2.45) is 0 Å². The van der Waals surface area contributed by atoms with Gasteiger partial charge in [-0.25, -0.2) is 4.98 Å². The smallest absolute Gasteiger partial charge is 0.239 e. The predicted octanol–water partition coefficient (Wildman–Crippen LogP) is 1.19. The molecule has 0 bridgehead atoms. The maximum atomic E-state index is 11.3. The van der Waals surface area contributed by atoms with Gasteiger partial charge >= 0.3 is 0 Å². The van der Waals surface area contributed by atoms with Crippen LogP contribution in [-0.2, 0) is 4.79 Å². The molecule has 1 amide bonds. The first-order valence-electron chi connectivity index (χ1n) is 4.14. The Balaban J connectivity index is 2.52. The first-order valence-corrected chi connectivity index (χ1v) is 5.22. The van der Waals surface area contributed by atoms with Crippen LogP contribution in [0.3, 0.4) is 0 Å². The number of carbonyl (C=O) groups is 1. The monoisotopic (exact) mass is 305 g/mol. The van der Waals surface area contributed by atoms with Gasteiger partial charge in [-0.3, -0.25) is 4.79 Å². The second-order valence-corrected chi connectivity index (χ2v) is 4.39. The van der Waals surface area contributed by atoms with E-state index < -0.39 is 0 Å². The number of carbonyl (C=O) groups excluding carboxylic acids is 1. The van der Waals surface area contributed by atoms with Gasteiger partial charge in [0.05, 0.1) is 6.54 Å². The average Bonchev–Trinajstić information content (AvgIpc) is 2.07. The number of rotatable bonds is 3. The van der Waals surface area contributed by atoms with Crippen LogP contribution < -0.4 is 5.32 Å². The fourth-order valence-electron chi connectivity index (χ4n) is 0.919. The maximum Gasteiger partial charge on any atom is 0.239 e. The summed E-state index contributed by atoms with van der Waals surface area (Å²) in [6, 6.07) is 3.69. The Morgan fingerprint density at radius 1 is 1.57 bits per heavy atom. The lowest BCUT2D eigenvalue weighted by Crippen LogP contribution is -2.27. The van der Waals surface area contributed by atoms with E-state index in [2.05, 4.69) is 32.9 Å². The summed E-state index contributed by atoms with van der Waals surface area (Å²) in [7, 11) is 3.70. The first-order chi connectivity index (χ1) is 6.58. The van der Waals surface area contributed by atoms with Crippen LogP contribution in [0.2, 0.25) is 0 Å². The molecule has 0 atom stereocenters. The van der Waals surface area contributed by atoms with Crippen molar-refractivity contribution >= 4 is 34.3 Å². The molecule has 1 aromatic rings. The zero-order valence-corrected chi connectivity index (χ0v) is 10.3. The molecule has 0 aliphatic carbocycles. The molecule has 1 aromatic heterocycles. The molecule has 1 heterocycles. The lowest BCUT2D eigenvalue weighted by atomic mass is 10.4. The van der Waals surface area contributed by atoms with Crippen LogP contribution in [0.1, 0.15) is 0 Å². The minimum absolute atomic E-state index is 0.0521. The molecule has 0 spiro atoms. The largest absolute Gasteiger partial charge is 0.310 e. The number of halogens is 1. The van der Waals surface area contributed by atoms with Crippen molar-refractivity contribution in [2.75, 3.05) is 26.0 Å². The summed E-state index contributed by atoms with van der Waals surface area (Å²) in [5, 5.41) is 2.71. The third kappa shape index (κ3) is 4.01. The van der Waals surface area contributed by atoms with E-state index in [0.29, 0.717) is 12.4 Å². The van der Waals surface area contributed by atoms with Crippen molar-refractivity contribution < 1.29 is 4.79 Å². The molecule has 0 aromatic carbocycles. The van der Waals surface area contributed by atoms with E-state index in [1.54, 1.807) is 12.3 Å². The lowest BCUT2D eigenvalue weighted by molar-refractivity contribution is -0.116. The van der Waals surface area contributed by atoms with E-state index in [9.17, 15) is 4.79 Å². The fourth-order valence-corrected chi connectivity index (χ4v) is 1.24. The van der Waals surface area contributed by atoms with Gasteiger partial charge in [0, 0.05) is 9.77 Å². The molecule has 0 aliphatic rings. The molecule has 76 valence electrons. The van der Waals surface area contributed by atoms with Crippen LogP contribution in [-0.4, -0.2) is 36.4 Å². The van der Waals surface area contributed by atoms with Gasteiger partial charge in [0.1, 0.15) is 5.82 Å². The molecular formula is C9H12IN3O. The van der Waals surface area contributed by atoms with Crippen LogP contribution in [0.4, 0.5) is 5.82 Å². The Kier molecular flexibility index (Phi) is 4.27. The average molecular weight is 305 g/mol. The number of likely N-dealkylation sites (N-methyl/N-ethyl adjacent to an activating group) is 1. The molecule has 5 heteroatoms. The third-order valence-corrected chi connectivity index (χ3v) is 2.09. The van der Waals surface area contributed by atoms with E-state index in [-0.39, 0.29) is 5.91 Å². The first kappa shape index (κ1) is 11.4. The Bertz CT molecular complexity index is 310. The van der Waals surface area contributed by atoms with Gasteiger partial charge in [0.25, 0.3) is 0 Å². The molecule has 0 aliphatic heterocycles. The highest BCUT2D eigenvalue weighted by Crippen LogP contribution is 2.06. The Morgan fingerprint density at radius 2 is 2.29 bits per heavy atom. The second-order valence-electron chi connectivity index (χ2n) is 3.15. The molecule has 1 rings (SSSR count). The molecule has 4 nitrogen and oxygen atoms in total. The minimum Gasteiger partial charge on any atom is -0.310 e. The molecule has 0 saturated heterocycles. The summed E-state index contributed by atoms with van der Waals surface area (Å²) in [6.07, 6.45) is 1.71. The predicted molar refractivity (Wildman–Crippen MR) is 64.1 cm³/mol. The van der Waals surface area contributed by atoms with Crippen molar-refractivity contribution in [2.45, 2.75) is 0 Å². The van der Waals surface area contributed by atoms with Crippen molar-refractivity contribution in [1.29, 1.82) is 0 Å². The summed E-state index contributed by atoms with van der Waals surface area (Å²) in [5.74, 6) is 0.543. The number of nitrogens with zero attached hydrogens (tertiary/aromatic N) is 2. The zero-order valence-electron chi connectivity index (χ0n) is 8.12. The van der Waals surface area contributed by atoms with Crippen molar-refractivity contribution in [1.82, 2.24) is 9.88 Å². The second kappa shape index (κ2) is 5.26. The van der Waals surface area contributed by atoms with Crippen LogP contribution in [0.15, 0.2) is 18.3 Å². The number of aromatic nitrogens is 1. The Hall–Kier alpha value is -0.690. The molecule has 1 N–H and O–H groups in total. The topological polar surface area (TPSA) is 45.2 Å². The molecular weight excluding hydrogens is 293 g/mol. The van der Waals surface area contributed by atoms with Gasteiger partial charge in [0.15, 0.2) is 0 Å². The van der Waals surface area contributed by atoms with Crippen molar-refractivity contribution in [3.8, 4) is 0 Å². The highest BCUT2D eigenvalue weighted by molar-refractivity contribution is 14.1. The molecule has 0 radical (unpaired) electrons. The number of pyridine rings is 1. The number of hydrogen-bond donors (Lipinski definition) is 1. The number of anilines is 1. The zero-order chi connectivity index (χ0) is 10.6. The van der Waals surface area contributed by atoms with Gasteiger partial charge in [-0.05, 0) is 48.8 Å². The normalized spacial score (nSPS) is 10.3. The highest BCUT2D eigenvalue weighted by atomic mass is 127. The lowest BCUT2D eigenvalue weighted by Gasteiger charge is -2.09. The van der Waals surface area contributed by atoms with Crippen LogP contribution in [0, 0.1) is 3.57 Å². The molecule has 0 saturated carbocycles. The van der Waals surface area contributed by atoms with Crippen LogP contribution in [0.25, 0.3) is 0 Å². The van der Waals surface area contributed by atoms with E-state index in [0.717, 1.165) is 3.57 Å². The summed E-state index contributed by atoms with van der Waals surface area (Å²) in [6.45, 7) is 0.369. The third-order valence-electron chi connectivity index (χ3n) is 1.45. The summed E-state index contributed by atoms with van der Waals surface area (Å²) in [5.41, 5.74) is 0. The van der Waals surface area contributed by atoms with Gasteiger partial charge < -0.3 is 10.2 Å². The van der Waals surface area contributed by atoms with E-state index in [1.807, 2.05) is 25.1 Å². The molecule has 14 heavy (non-hydrogen) atoms. The Labute approximate surface area is 96.8 Å². The van der Waals surface area contributed by atoms with Gasteiger partial charge in [-0.1, -0.05) is 0 Å². The highest BCUT2D eigenvalue weighted by Gasteiger charge is 2.03. The standard InChI is InChI=1S/C9H12IN3O/c1-13(2)6-9(14)12-8-4-3-7(10)5-11-8/h3-5H,6H2,1-2H3,(H,11,12,14). The van der Waals surface area contributed by atoms with Crippen molar-refractivity contribution in [3.63, 3.8) is 0 Å². The quantitative estimate of drug-likeness (QED) is 0.853. The van der Waals surface area contributed by atoms with E-state index in [1.165, 1.54) is 0 Å². The summed E-state index contributed by atoms with van der Waals surface area (Å²) in [4.78, 5) is 17.2. The summed E-state index contributed by atoms with van der Waals surface area (Å²) < 4.78 is 1.05. The van der Waals surface area contributed by atoms with Gasteiger partial charge in [-0.15, -0.1) is 0 Å².